The van der Waals surface area contributed by atoms with Crippen LogP contribution in [0.2, 0.25) is 0 Å². The van der Waals surface area contributed by atoms with Crippen molar-refractivity contribution in [2.75, 3.05) is 0 Å². The lowest BCUT2D eigenvalue weighted by Crippen LogP contribution is -2.46. The maximum atomic E-state index is 10.3. The second-order valence-corrected chi connectivity index (χ2v) is 43.7. The van der Waals surface area contributed by atoms with Crippen LogP contribution in [0.15, 0.2) is 356 Å². The van der Waals surface area contributed by atoms with Crippen LogP contribution in [0.3, 0.4) is 0 Å². The van der Waals surface area contributed by atoms with Crippen molar-refractivity contribution in [3.63, 3.8) is 0 Å². The van der Waals surface area contributed by atoms with E-state index in [0.717, 1.165) is 57.8 Å². The number of allylic oxidation sites excluding steroid dienone is 54. The third kappa shape index (κ3) is 30.2. The Hall–Kier alpha value is -8.16. The van der Waals surface area contributed by atoms with Crippen LogP contribution in [0.25, 0.3) is 0 Å². The van der Waals surface area contributed by atoms with Crippen LogP contribution in [0, 0.1) is 32.5 Å². The molecule has 6 N–H and O–H groups in total. The summed E-state index contributed by atoms with van der Waals surface area (Å²) in [4.78, 5) is 0. The molecule has 0 unspecified atom stereocenters. The molecule has 0 aromatic carbocycles. The fourth-order valence-corrected chi connectivity index (χ4v) is 21.2. The van der Waals surface area contributed by atoms with Gasteiger partial charge in [-0.3, -0.25) is 0 Å². The van der Waals surface area contributed by atoms with Crippen molar-refractivity contribution in [1.29, 1.82) is 0 Å². The van der Waals surface area contributed by atoms with Gasteiger partial charge in [0.2, 0.25) is 0 Å². The van der Waals surface area contributed by atoms with Gasteiger partial charge in [-0.2, -0.15) is 0 Å². The Bertz CT molecular complexity index is 4770. The Balaban J connectivity index is 0.000000265. The molecule has 9 aliphatic rings. The minimum atomic E-state index is -0.294. The Labute approximate surface area is 783 Å². The van der Waals surface area contributed by atoms with E-state index in [0.29, 0.717) is 19.3 Å². The van der Waals surface area contributed by atoms with E-state index < -0.39 is 0 Å². The molecule has 3 aliphatic heterocycles. The standard InChI is InChI=1S/C40H56O4.C40H56O3.C40H56O2/c1-29(17-13-19-31(3)21-23-39-35(5,6)25-33(41)27-37(39,9)43-39)15-11-12-16-30(2)18-14-20-32(4)22-24-40-36(7,8)26-34(42)28-38(40,10)44-40;1-29(17-13-19-31(3)21-22-36-33(5)25-34(41)26-37(36,6)7)15-11-12-16-30(2)18-14-20-32(4)23-24-40-38(8,9)27-35(42)28-39(40,10)43-40;1-29(17-13-19-31(3)21-23-37-33(5)25-35(41)27-39(37,7)8)15-11-12-16-30(2)18-14-20-32(4)22-24-38-34(6)26-36(42)28-40(38,9)10/h11-24,33-34,41-42H,25-28H2,1-10H3;11-24,34-35,41-42H,25-28H2,1-10H3;11-24,35-36,41-42H,25-28H2,1-10H3/b12-11+,17-13+,18-14+,23-21+,24-22+,29-15+,30-16+,31-19+,32-20+;12-11+,17-13+,18-14+,22-21+,24-23+,29-15+,30-16+,31-19+,32-20+;12-11+,17-13+,18-14+,23-21+,24-22+,29-15+,30-16+,31-19+,32-20+/t33-,34-,37+,38+,39-,40-;34-,35+,39-,40+;35-,36-/m011/s1. The fraction of sp³-hybridized carbons (Fsp3) is 0.500. The summed E-state index contributed by atoms with van der Waals surface area (Å²) in [6.07, 6.45) is 97.0. The number of aliphatic hydroxyl groups excluding tert-OH is 6. The van der Waals surface area contributed by atoms with Gasteiger partial charge in [-0.1, -0.05) is 404 Å². The van der Waals surface area contributed by atoms with Crippen LogP contribution in [-0.4, -0.2) is 101 Å². The maximum absolute atomic E-state index is 10.3. The zero-order valence-electron chi connectivity index (χ0n) is 85.1. The van der Waals surface area contributed by atoms with E-state index in [9.17, 15) is 30.6 Å². The first-order valence-corrected chi connectivity index (χ1v) is 47.6. The van der Waals surface area contributed by atoms with E-state index >= 15 is 0 Å². The predicted molar refractivity (Wildman–Crippen MR) is 551 cm³/mol. The molecular weight excluding hydrogens is 1590 g/mol. The molecule has 0 radical (unpaired) electrons. The summed E-state index contributed by atoms with van der Waals surface area (Å²) in [5.74, 6) is 0. The number of fused-ring (bicyclic) bond motifs is 3. The highest BCUT2D eigenvalue weighted by molar-refractivity contribution is 5.45. The highest BCUT2D eigenvalue weighted by Crippen LogP contribution is 2.68. The van der Waals surface area contributed by atoms with E-state index in [1.54, 1.807) is 0 Å². The van der Waals surface area contributed by atoms with E-state index in [1.807, 2.05) is 0 Å². The minimum absolute atomic E-state index is 0.00262. The third-order valence-electron chi connectivity index (χ3n) is 28.0. The van der Waals surface area contributed by atoms with Gasteiger partial charge in [0.25, 0.3) is 0 Å². The molecule has 0 spiro atoms. The molecule has 3 heterocycles. The van der Waals surface area contributed by atoms with Gasteiger partial charge < -0.3 is 44.8 Å². The summed E-state index contributed by atoms with van der Waals surface area (Å²) in [5, 5.41) is 61.1. The summed E-state index contributed by atoms with van der Waals surface area (Å²) < 4.78 is 18.7. The molecule has 6 aliphatic carbocycles. The third-order valence-corrected chi connectivity index (χ3v) is 28.0. The van der Waals surface area contributed by atoms with Crippen molar-refractivity contribution in [3.8, 4) is 0 Å². The topological polar surface area (TPSA) is 159 Å². The number of ether oxygens (including phenoxy) is 3. The van der Waals surface area contributed by atoms with Gasteiger partial charge in [-0.25, -0.2) is 0 Å². The molecule has 0 bridgehead atoms. The number of epoxide rings is 3. The molecule has 0 aromatic rings. The highest BCUT2D eigenvalue weighted by atomic mass is 16.6. The van der Waals surface area contributed by atoms with E-state index in [-0.39, 0.29) is 103 Å². The molecule has 0 amide bonds. The van der Waals surface area contributed by atoms with Crippen molar-refractivity contribution in [1.82, 2.24) is 0 Å². The van der Waals surface area contributed by atoms with Gasteiger partial charge in [0, 0.05) is 35.5 Å². The summed E-state index contributed by atoms with van der Waals surface area (Å²) >= 11 is 0. The Morgan fingerprint density at radius 1 is 0.225 bits per heavy atom. The van der Waals surface area contributed by atoms with E-state index in [2.05, 4.69) is 463 Å². The van der Waals surface area contributed by atoms with Gasteiger partial charge in [-0.15, -0.1) is 0 Å². The van der Waals surface area contributed by atoms with Crippen LogP contribution in [0.4, 0.5) is 0 Å². The first-order chi connectivity index (χ1) is 60.0. The predicted octanol–water partition coefficient (Wildman–Crippen LogP) is 29.3. The summed E-state index contributed by atoms with van der Waals surface area (Å²) in [6.45, 7) is 64.6. The summed E-state index contributed by atoms with van der Waals surface area (Å²) in [7, 11) is 0. The van der Waals surface area contributed by atoms with Crippen molar-refractivity contribution < 1.29 is 44.8 Å². The normalized spacial score (nSPS) is 32.3. The van der Waals surface area contributed by atoms with Crippen molar-refractivity contribution in [3.05, 3.63) is 356 Å². The molecule has 12 atom stereocenters. The second kappa shape index (κ2) is 45.5. The van der Waals surface area contributed by atoms with Crippen LogP contribution >= 0.6 is 0 Å². The molecule has 6 fully saturated rings. The monoisotopic (exact) mass is 1750 g/mol. The summed E-state index contributed by atoms with van der Waals surface area (Å²) in [6, 6.07) is 0. The number of hydrogen-bond acceptors (Lipinski definition) is 9. The molecule has 9 rings (SSSR count). The lowest BCUT2D eigenvalue weighted by atomic mass is 9.63. The van der Waals surface area contributed by atoms with Gasteiger partial charge >= 0.3 is 0 Å². The van der Waals surface area contributed by atoms with Crippen molar-refractivity contribution in [2.45, 2.75) is 355 Å². The Morgan fingerprint density at radius 3 is 0.574 bits per heavy atom. The van der Waals surface area contributed by atoms with Crippen molar-refractivity contribution >= 4 is 0 Å². The van der Waals surface area contributed by atoms with Gasteiger partial charge in [-0.05, 0) is 234 Å². The first kappa shape index (κ1) is 108. The average Bonchev–Trinajstić information content (AvgIpc) is 1.52. The maximum Gasteiger partial charge on any atom is 0.121 e. The smallest absolute Gasteiger partial charge is 0.121 e. The molecule has 702 valence electrons. The molecule has 3 saturated carbocycles. The van der Waals surface area contributed by atoms with Crippen LogP contribution in [0.5, 0.6) is 0 Å². The number of aliphatic hydroxyl groups is 6. The van der Waals surface area contributed by atoms with Gasteiger partial charge in [0.1, 0.15) is 33.6 Å². The number of hydrogen-bond donors (Lipinski definition) is 6. The molecule has 129 heavy (non-hydrogen) atoms. The van der Waals surface area contributed by atoms with Crippen LogP contribution in [-0.2, 0) is 14.2 Å². The minimum Gasteiger partial charge on any atom is -0.393 e. The van der Waals surface area contributed by atoms with E-state index in [4.69, 9.17) is 14.2 Å². The average molecular weight is 1750 g/mol. The van der Waals surface area contributed by atoms with Gasteiger partial charge in [0.15, 0.2) is 0 Å². The molecule has 3 saturated heterocycles. The van der Waals surface area contributed by atoms with Crippen LogP contribution in [0.1, 0.15) is 285 Å². The molecule has 9 heteroatoms. The zero-order chi connectivity index (χ0) is 96.2. The molecule has 0 aromatic heterocycles. The fourth-order valence-electron chi connectivity index (χ4n) is 21.2. The highest BCUT2D eigenvalue weighted by Gasteiger charge is 2.77. The lowest BCUT2D eigenvalue weighted by Gasteiger charge is -2.39. The first-order valence-electron chi connectivity index (χ1n) is 47.6. The SMILES string of the molecule is CC(/C=C/C=C(C)/C=C/[C@@]12O[C@]1(C)C[C@@H](O)CC2(C)C)=C\C=C\C=C(C)\C=C\C=C(C)\C=C\[C@@]12O[C@]1(C)C[C@@H](O)CC2(C)C.CC1=C(/C=C/C(C)=C/C=C/C(C)=C/C=C/C=C(C)/C=C/C=C(C)/C=C/C2=C(C)C[C@@H](O)CC2(C)C)C(C)(C)C[C@H](O)C1.CC1=C(/C=C/C(C)=C/C=C/C(C)=C/C=C/C=C(C)/C=C/C=C(C)/C=C/[C@@]23O[C@]2(C)C[C@@H](O)CC3(C)C)C(C)(C)C[C@H](O)C1. The Kier molecular flexibility index (Phi) is 38.1. The van der Waals surface area contributed by atoms with Crippen molar-refractivity contribution in [2.24, 2.45) is 32.5 Å². The molecule has 9 nitrogen and oxygen atoms in total. The second-order valence-electron chi connectivity index (χ2n) is 43.7. The quantitative estimate of drug-likeness (QED) is 0.0304. The Morgan fingerprint density at radius 2 is 0.395 bits per heavy atom. The lowest BCUT2D eigenvalue weighted by molar-refractivity contribution is 0.0510. The molecular formula is C120H168O9. The van der Waals surface area contributed by atoms with Gasteiger partial charge in [0.05, 0.1) is 36.6 Å². The summed E-state index contributed by atoms with van der Waals surface area (Å²) in [5.41, 5.74) is 20.1. The number of rotatable bonds is 30. The van der Waals surface area contributed by atoms with E-state index in [1.165, 1.54) is 100 Å². The zero-order valence-corrected chi connectivity index (χ0v) is 85.1. The van der Waals surface area contributed by atoms with Crippen LogP contribution < -0.4 is 0 Å². The largest absolute Gasteiger partial charge is 0.393 e.